The van der Waals surface area contributed by atoms with E-state index in [1.165, 1.54) is 12.3 Å². The topological polar surface area (TPSA) is 102 Å². The number of aromatic nitrogens is 2. The molecule has 0 saturated carbocycles. The molecule has 3 N–H and O–H groups in total. The average molecular weight is 457 g/mol. The molecule has 1 aliphatic heterocycles. The monoisotopic (exact) mass is 457 g/mol. The van der Waals surface area contributed by atoms with Crippen molar-refractivity contribution < 1.29 is 27.1 Å². The maximum Gasteiger partial charge on any atom is 0.345 e. The zero-order valence-electron chi connectivity index (χ0n) is 16.3. The average Bonchev–Trinajstić information content (AvgIpc) is 2.72. The predicted molar refractivity (Wildman–Crippen MR) is 108 cm³/mol. The van der Waals surface area contributed by atoms with Gasteiger partial charge >= 0.3 is 6.61 Å². The van der Waals surface area contributed by atoms with E-state index in [4.69, 9.17) is 5.73 Å². The van der Waals surface area contributed by atoms with E-state index in [2.05, 4.69) is 25.0 Å². The zero-order valence-corrected chi connectivity index (χ0v) is 17.1. The highest BCUT2D eigenvalue weighted by Gasteiger charge is 2.36. The van der Waals surface area contributed by atoms with Crippen molar-refractivity contribution in [3.05, 3.63) is 53.6 Å². The van der Waals surface area contributed by atoms with Crippen LogP contribution < -0.4 is 11.1 Å². The molecule has 31 heavy (non-hydrogen) atoms. The number of halogens is 4. The van der Waals surface area contributed by atoms with Gasteiger partial charge in [-0.15, -0.1) is 0 Å². The molecule has 1 aliphatic rings. The highest BCUT2D eigenvalue weighted by Crippen LogP contribution is 2.39. The fraction of sp³-hybridized carbons (Fsp3) is 0.368. The van der Waals surface area contributed by atoms with Crippen LogP contribution in [0.3, 0.4) is 0 Å². The minimum absolute atomic E-state index is 0.0329. The molecule has 0 saturated heterocycles. The van der Waals surface area contributed by atoms with Crippen LogP contribution in [0, 0.1) is 0 Å². The van der Waals surface area contributed by atoms with Crippen LogP contribution in [0.1, 0.15) is 41.5 Å². The van der Waals surface area contributed by atoms with Crippen molar-refractivity contribution in [2.45, 2.75) is 37.2 Å². The lowest BCUT2D eigenvalue weighted by Crippen LogP contribution is -2.36. The molecule has 0 spiro atoms. The number of amides is 1. The van der Waals surface area contributed by atoms with Gasteiger partial charge in [-0.1, -0.05) is 11.8 Å². The second-order valence-corrected chi connectivity index (χ2v) is 8.24. The van der Waals surface area contributed by atoms with Gasteiger partial charge < -0.3 is 15.8 Å². The van der Waals surface area contributed by atoms with Crippen molar-refractivity contribution in [3.8, 4) is 0 Å². The molecular weight excluding hydrogens is 438 g/mol. The number of carbonyl (C=O) groups excluding carboxylic acids is 1. The molecule has 0 fully saturated rings. The maximum absolute atomic E-state index is 12.6. The molecule has 2 aromatic heterocycles. The molecule has 7 nitrogen and oxygen atoms in total. The fourth-order valence-electron chi connectivity index (χ4n) is 3.07. The van der Waals surface area contributed by atoms with Crippen LogP contribution in [0.5, 0.6) is 0 Å². The van der Waals surface area contributed by atoms with E-state index in [0.717, 1.165) is 24.0 Å². The molecule has 0 radical (unpaired) electrons. The number of aliphatic imine (C=N–C) groups is 1. The van der Waals surface area contributed by atoms with Gasteiger partial charge in [-0.05, 0) is 37.6 Å². The molecule has 2 aromatic rings. The minimum atomic E-state index is -2.88. The first-order valence-electron chi connectivity index (χ1n) is 9.10. The number of hydrogen-bond acceptors (Lipinski definition) is 7. The molecule has 0 aliphatic carbocycles. The Balaban J connectivity index is 1.75. The summed E-state index contributed by atoms with van der Waals surface area (Å²) in [6.45, 7) is -1.33. The van der Waals surface area contributed by atoms with Gasteiger partial charge in [0.1, 0.15) is 11.2 Å². The van der Waals surface area contributed by atoms with E-state index < -0.39 is 24.5 Å². The van der Waals surface area contributed by atoms with Crippen LogP contribution in [0.2, 0.25) is 0 Å². The summed E-state index contributed by atoms with van der Waals surface area (Å²) < 4.78 is 54.5. The summed E-state index contributed by atoms with van der Waals surface area (Å²) in [7, 11) is 0. The predicted octanol–water partition coefficient (Wildman–Crippen LogP) is 3.94. The molecule has 0 unspecified atom stereocenters. The van der Waals surface area contributed by atoms with E-state index >= 15 is 0 Å². The van der Waals surface area contributed by atoms with E-state index in [1.807, 2.05) is 0 Å². The molecule has 3 heterocycles. The second kappa shape index (κ2) is 9.60. The van der Waals surface area contributed by atoms with Gasteiger partial charge in [0.2, 0.25) is 0 Å². The van der Waals surface area contributed by atoms with Gasteiger partial charge in [-0.3, -0.25) is 14.8 Å². The van der Waals surface area contributed by atoms with Gasteiger partial charge in [0, 0.05) is 28.9 Å². The summed E-state index contributed by atoms with van der Waals surface area (Å²) >= 11 is 1.15. The Labute approximate surface area is 179 Å². The first kappa shape index (κ1) is 22.9. The summed E-state index contributed by atoms with van der Waals surface area (Å²) in [5.74, 6) is -0.589. The third-order valence-corrected chi connectivity index (χ3v) is 5.49. The normalized spacial score (nSPS) is 21.3. The maximum atomic E-state index is 12.6. The van der Waals surface area contributed by atoms with E-state index in [9.17, 15) is 22.4 Å². The number of nitrogens with zero attached hydrogens (tertiary/aromatic N) is 3. The second-order valence-electron chi connectivity index (χ2n) is 6.92. The zero-order chi connectivity index (χ0) is 22.6. The van der Waals surface area contributed by atoms with Crippen molar-refractivity contribution in [2.75, 3.05) is 11.9 Å². The van der Waals surface area contributed by atoms with Crippen LogP contribution in [-0.2, 0) is 10.3 Å². The summed E-state index contributed by atoms with van der Waals surface area (Å²) in [5.41, 5.74) is 5.50. The summed E-state index contributed by atoms with van der Waals surface area (Å²) in [6, 6.07) is 5.46. The molecule has 3 rings (SSSR count). The Hall–Kier alpha value is -2.73. The van der Waals surface area contributed by atoms with Crippen LogP contribution in [0.4, 0.5) is 23.2 Å². The number of nitrogens with one attached hydrogen (secondary N) is 1. The molecule has 1 amide bonds. The number of pyridine rings is 2. The minimum Gasteiger partial charge on any atom is -0.379 e. The quantitative estimate of drug-likeness (QED) is 0.611. The number of hydrogen-bond donors (Lipinski definition) is 2. The summed E-state index contributed by atoms with van der Waals surface area (Å²) in [5, 5.41) is 2.49. The van der Waals surface area contributed by atoms with Gasteiger partial charge in [0.15, 0.2) is 5.17 Å². The fourth-order valence-corrected chi connectivity index (χ4v) is 4.22. The number of nitrogens with two attached hydrogens (primary N) is 1. The standard InChI is InChI=1S/C19H19F4N5O2S/c1-19(7-12(9-30-17(22)23)31-18(24)28-19)14-6-11(4-5-25-14)27-16(29)13-3-2-10(8-26-13)15(20)21/h2-6,8,12,15,17H,7,9H2,1H3,(H2,24,28)(H,25,27,29)/t12-,19-/m0/s1. The lowest BCUT2D eigenvalue weighted by atomic mass is 9.91. The number of carbonyl (C=O) groups is 1. The van der Waals surface area contributed by atoms with Crippen molar-refractivity contribution >= 4 is 28.5 Å². The Morgan fingerprint density at radius 3 is 2.74 bits per heavy atom. The van der Waals surface area contributed by atoms with Gasteiger partial charge in [0.05, 0.1) is 12.3 Å². The third-order valence-electron chi connectivity index (χ3n) is 4.52. The molecule has 12 heteroatoms. The van der Waals surface area contributed by atoms with Crippen molar-refractivity contribution in [2.24, 2.45) is 10.7 Å². The summed E-state index contributed by atoms with van der Waals surface area (Å²) in [4.78, 5) is 24.9. The number of anilines is 1. The van der Waals surface area contributed by atoms with E-state index in [1.54, 1.807) is 19.1 Å². The van der Waals surface area contributed by atoms with E-state index in [0.29, 0.717) is 17.8 Å². The number of alkyl halides is 4. The highest BCUT2D eigenvalue weighted by molar-refractivity contribution is 8.14. The van der Waals surface area contributed by atoms with Crippen LogP contribution in [0.25, 0.3) is 0 Å². The third kappa shape index (κ3) is 5.91. The van der Waals surface area contributed by atoms with Gasteiger partial charge in [0.25, 0.3) is 12.3 Å². The molecule has 0 aromatic carbocycles. The smallest absolute Gasteiger partial charge is 0.345 e. The van der Waals surface area contributed by atoms with Crippen LogP contribution >= 0.6 is 11.8 Å². The van der Waals surface area contributed by atoms with Crippen LogP contribution in [0.15, 0.2) is 41.7 Å². The lowest BCUT2D eigenvalue weighted by Gasteiger charge is -2.33. The van der Waals surface area contributed by atoms with E-state index in [-0.39, 0.29) is 28.3 Å². The van der Waals surface area contributed by atoms with Crippen molar-refractivity contribution in [1.29, 1.82) is 0 Å². The van der Waals surface area contributed by atoms with Crippen molar-refractivity contribution in [3.63, 3.8) is 0 Å². The number of rotatable bonds is 7. The van der Waals surface area contributed by atoms with Gasteiger partial charge in [-0.25, -0.2) is 13.8 Å². The Morgan fingerprint density at radius 1 is 1.32 bits per heavy atom. The Kier molecular flexibility index (Phi) is 7.11. The summed E-state index contributed by atoms with van der Waals surface area (Å²) in [6.07, 6.45) is 0.0650. The number of amidine groups is 1. The molecule has 2 atom stereocenters. The van der Waals surface area contributed by atoms with Crippen molar-refractivity contribution in [1.82, 2.24) is 9.97 Å². The van der Waals surface area contributed by atoms with Crippen LogP contribution in [-0.4, -0.2) is 39.5 Å². The first-order chi connectivity index (χ1) is 14.7. The molecular formula is C19H19F4N5O2S. The molecule has 166 valence electrons. The molecule has 0 bridgehead atoms. The Morgan fingerprint density at radius 2 is 2.10 bits per heavy atom. The van der Waals surface area contributed by atoms with Gasteiger partial charge in [-0.2, -0.15) is 8.78 Å². The number of ether oxygens (including phenoxy) is 1. The largest absolute Gasteiger partial charge is 0.379 e. The lowest BCUT2D eigenvalue weighted by molar-refractivity contribution is -0.128. The SMILES string of the molecule is C[C@@]1(c2cc(NC(=O)c3ccc(C(F)F)cn3)ccn2)C[C@@H](COC(F)F)SC(N)=N1. The Bertz CT molecular complexity index is 961. The first-order valence-corrected chi connectivity index (χ1v) is 9.98. The number of thioether (sulfide) groups is 1. The highest BCUT2D eigenvalue weighted by atomic mass is 32.2.